The van der Waals surface area contributed by atoms with E-state index in [-0.39, 0.29) is 0 Å². The predicted octanol–water partition coefficient (Wildman–Crippen LogP) is 1.13. The number of hydrogen-bond acceptors (Lipinski definition) is 5. The Morgan fingerprint density at radius 3 is 2.83 bits per heavy atom. The van der Waals surface area contributed by atoms with Gasteiger partial charge in [0.25, 0.3) is 0 Å². The molecule has 5 heteroatoms. The molecule has 0 aliphatic rings. The van der Waals surface area contributed by atoms with Gasteiger partial charge in [0.1, 0.15) is 6.07 Å². The van der Waals surface area contributed by atoms with Crippen molar-refractivity contribution in [3.05, 3.63) is 23.8 Å². The predicted molar refractivity (Wildman–Crippen MR) is 73.4 cm³/mol. The molecule has 1 aromatic carbocycles. The van der Waals surface area contributed by atoms with Crippen molar-refractivity contribution in [1.82, 2.24) is 4.90 Å². The highest BCUT2D eigenvalue weighted by atomic mass is 16.5. The molecule has 98 valence electrons. The first-order chi connectivity index (χ1) is 8.63. The number of anilines is 2. The summed E-state index contributed by atoms with van der Waals surface area (Å²) in [6.45, 7) is 2.90. The number of rotatable bonds is 7. The first kappa shape index (κ1) is 14.3. The van der Waals surface area contributed by atoms with Crippen molar-refractivity contribution in [2.45, 2.75) is 0 Å². The molecule has 0 aliphatic heterocycles. The van der Waals surface area contributed by atoms with Crippen LogP contribution in [0.5, 0.6) is 0 Å². The fourth-order valence-electron chi connectivity index (χ4n) is 1.42. The molecule has 0 aliphatic carbocycles. The highest BCUT2D eigenvalue weighted by molar-refractivity contribution is 5.62. The largest absolute Gasteiger partial charge is 0.399 e. The summed E-state index contributed by atoms with van der Waals surface area (Å²) in [4.78, 5) is 2.07. The molecule has 1 rings (SSSR count). The first-order valence-electron chi connectivity index (χ1n) is 5.89. The van der Waals surface area contributed by atoms with Crippen LogP contribution in [0.3, 0.4) is 0 Å². The van der Waals surface area contributed by atoms with Gasteiger partial charge in [0.15, 0.2) is 0 Å². The lowest BCUT2D eigenvalue weighted by Gasteiger charge is -2.11. The molecular weight excluding hydrogens is 228 g/mol. The van der Waals surface area contributed by atoms with Crippen molar-refractivity contribution in [3.8, 4) is 6.07 Å². The van der Waals surface area contributed by atoms with Crippen LogP contribution in [-0.4, -0.2) is 45.3 Å². The number of nitriles is 1. The van der Waals surface area contributed by atoms with Gasteiger partial charge in [0.05, 0.1) is 24.5 Å². The molecule has 0 saturated heterocycles. The quantitative estimate of drug-likeness (QED) is 0.559. The Hall–Kier alpha value is -1.77. The third-order valence-electron chi connectivity index (χ3n) is 2.41. The molecule has 18 heavy (non-hydrogen) atoms. The maximum atomic E-state index is 8.96. The van der Waals surface area contributed by atoms with Crippen LogP contribution in [0, 0.1) is 11.3 Å². The molecule has 3 N–H and O–H groups in total. The van der Waals surface area contributed by atoms with Gasteiger partial charge in [-0.25, -0.2) is 0 Å². The third-order valence-corrected chi connectivity index (χ3v) is 2.41. The number of hydrogen-bond donors (Lipinski definition) is 2. The van der Waals surface area contributed by atoms with E-state index in [4.69, 9.17) is 15.7 Å². The van der Waals surface area contributed by atoms with Gasteiger partial charge in [-0.3, -0.25) is 0 Å². The van der Waals surface area contributed by atoms with E-state index in [9.17, 15) is 0 Å². The molecule has 1 aromatic rings. The lowest BCUT2D eigenvalue weighted by Crippen LogP contribution is -2.20. The lowest BCUT2D eigenvalue weighted by atomic mass is 10.2. The summed E-state index contributed by atoms with van der Waals surface area (Å²) in [5, 5.41) is 12.1. The van der Waals surface area contributed by atoms with Crippen molar-refractivity contribution in [1.29, 1.82) is 5.26 Å². The maximum Gasteiger partial charge on any atom is 0.101 e. The van der Waals surface area contributed by atoms with E-state index in [1.54, 1.807) is 12.1 Å². The van der Waals surface area contributed by atoms with Gasteiger partial charge in [0.2, 0.25) is 0 Å². The van der Waals surface area contributed by atoms with Gasteiger partial charge in [-0.15, -0.1) is 0 Å². The number of likely N-dealkylation sites (N-methyl/N-ethyl adjacent to an activating group) is 1. The van der Waals surface area contributed by atoms with Crippen LogP contribution in [-0.2, 0) is 4.74 Å². The number of ether oxygens (including phenoxy) is 1. The Morgan fingerprint density at radius 1 is 1.39 bits per heavy atom. The molecule has 0 saturated carbocycles. The number of nitrogen functional groups attached to an aromatic ring is 1. The Labute approximate surface area is 108 Å². The van der Waals surface area contributed by atoms with Gasteiger partial charge < -0.3 is 20.7 Å². The summed E-state index contributed by atoms with van der Waals surface area (Å²) >= 11 is 0. The summed E-state index contributed by atoms with van der Waals surface area (Å²) in [6, 6.07) is 7.36. The van der Waals surface area contributed by atoms with E-state index in [2.05, 4.69) is 16.3 Å². The second-order valence-electron chi connectivity index (χ2n) is 4.26. The second-order valence-corrected chi connectivity index (χ2v) is 4.26. The fraction of sp³-hybridized carbons (Fsp3) is 0.462. The summed E-state index contributed by atoms with van der Waals surface area (Å²) < 4.78 is 5.45. The van der Waals surface area contributed by atoms with Crippen molar-refractivity contribution < 1.29 is 4.74 Å². The Balaban J connectivity index is 2.29. The summed E-state index contributed by atoms with van der Waals surface area (Å²) in [7, 11) is 4.02. The van der Waals surface area contributed by atoms with Gasteiger partial charge in [-0.2, -0.15) is 5.26 Å². The van der Waals surface area contributed by atoms with E-state index in [0.29, 0.717) is 31.0 Å². The number of nitrogens with zero attached hydrogens (tertiary/aromatic N) is 2. The summed E-state index contributed by atoms with van der Waals surface area (Å²) in [6.07, 6.45) is 0. The van der Waals surface area contributed by atoms with Gasteiger partial charge >= 0.3 is 0 Å². The molecule has 0 atom stereocenters. The van der Waals surface area contributed by atoms with Crippen LogP contribution < -0.4 is 11.1 Å². The van der Waals surface area contributed by atoms with Crippen LogP contribution >= 0.6 is 0 Å². The monoisotopic (exact) mass is 248 g/mol. The zero-order chi connectivity index (χ0) is 13.4. The van der Waals surface area contributed by atoms with Crippen LogP contribution in [0.1, 0.15) is 5.56 Å². The summed E-state index contributed by atoms with van der Waals surface area (Å²) in [5.74, 6) is 0. The van der Waals surface area contributed by atoms with Crippen LogP contribution in [0.4, 0.5) is 11.4 Å². The minimum Gasteiger partial charge on any atom is -0.399 e. The van der Waals surface area contributed by atoms with Gasteiger partial charge in [-0.05, 0) is 32.3 Å². The second kappa shape index (κ2) is 7.54. The van der Waals surface area contributed by atoms with E-state index in [1.807, 2.05) is 20.2 Å². The maximum absolute atomic E-state index is 8.96. The molecule has 0 radical (unpaired) electrons. The van der Waals surface area contributed by atoms with Crippen LogP contribution in [0.2, 0.25) is 0 Å². The molecule has 0 heterocycles. The molecule has 0 amide bonds. The molecule has 0 bridgehead atoms. The third kappa shape index (κ3) is 5.04. The van der Waals surface area contributed by atoms with E-state index >= 15 is 0 Å². The molecule has 0 unspecified atom stereocenters. The van der Waals surface area contributed by atoms with Crippen molar-refractivity contribution >= 4 is 11.4 Å². The van der Waals surface area contributed by atoms with E-state index < -0.39 is 0 Å². The van der Waals surface area contributed by atoms with Gasteiger partial charge in [0, 0.05) is 18.8 Å². The number of nitrogens with two attached hydrogens (primary N) is 1. The Morgan fingerprint density at radius 2 is 2.17 bits per heavy atom. The highest BCUT2D eigenvalue weighted by Crippen LogP contribution is 2.17. The van der Waals surface area contributed by atoms with Crippen molar-refractivity contribution in [2.75, 3.05) is 51.4 Å². The minimum absolute atomic E-state index is 0.559. The molecule has 5 nitrogen and oxygen atoms in total. The average molecular weight is 248 g/mol. The number of nitrogens with one attached hydrogen (secondary N) is 1. The number of benzene rings is 1. The zero-order valence-electron chi connectivity index (χ0n) is 10.9. The normalized spacial score (nSPS) is 10.3. The standard InChI is InChI=1S/C13H20N4O/c1-17(2)6-8-18-7-5-16-13-4-3-12(15)9-11(13)10-14/h3-4,9,16H,5-8,15H2,1-2H3. The smallest absolute Gasteiger partial charge is 0.101 e. The van der Waals surface area contributed by atoms with Crippen molar-refractivity contribution in [2.24, 2.45) is 0 Å². The van der Waals surface area contributed by atoms with E-state index in [1.165, 1.54) is 0 Å². The topological polar surface area (TPSA) is 74.3 Å². The molecule has 0 fully saturated rings. The lowest BCUT2D eigenvalue weighted by molar-refractivity contribution is 0.126. The van der Waals surface area contributed by atoms with Gasteiger partial charge in [-0.1, -0.05) is 0 Å². The highest BCUT2D eigenvalue weighted by Gasteiger charge is 2.01. The van der Waals surface area contributed by atoms with Crippen LogP contribution in [0.25, 0.3) is 0 Å². The summed E-state index contributed by atoms with van der Waals surface area (Å²) in [5.41, 5.74) is 7.57. The van der Waals surface area contributed by atoms with Crippen molar-refractivity contribution in [3.63, 3.8) is 0 Å². The van der Waals surface area contributed by atoms with Crippen LogP contribution in [0.15, 0.2) is 18.2 Å². The fourth-order valence-corrected chi connectivity index (χ4v) is 1.42. The Bertz CT molecular complexity index is 412. The minimum atomic E-state index is 0.559. The zero-order valence-corrected chi connectivity index (χ0v) is 10.9. The molecule has 0 aromatic heterocycles. The first-order valence-corrected chi connectivity index (χ1v) is 5.89. The SMILES string of the molecule is CN(C)CCOCCNc1ccc(N)cc1C#N. The Kier molecular flexibility index (Phi) is 5.98. The average Bonchev–Trinajstić information content (AvgIpc) is 2.34. The molecule has 0 spiro atoms. The van der Waals surface area contributed by atoms with E-state index in [0.717, 1.165) is 12.2 Å². The molecular formula is C13H20N4O.